The number of hydrogen-bond acceptors (Lipinski definition) is 2. The van der Waals surface area contributed by atoms with Gasteiger partial charge in [0.1, 0.15) is 5.75 Å². The fourth-order valence-electron chi connectivity index (χ4n) is 3.88. The molecular formula is C23H36BrNO2. The van der Waals surface area contributed by atoms with Crippen LogP contribution in [0.4, 0.5) is 0 Å². The zero-order valence-electron chi connectivity index (χ0n) is 17.4. The molecule has 1 aromatic rings. The van der Waals surface area contributed by atoms with E-state index in [0.29, 0.717) is 23.3 Å². The lowest BCUT2D eigenvalue weighted by Gasteiger charge is -2.37. The van der Waals surface area contributed by atoms with Gasteiger partial charge in [0, 0.05) is 10.5 Å². The normalized spacial score (nSPS) is 20.3. The Morgan fingerprint density at radius 1 is 1.15 bits per heavy atom. The molecule has 1 fully saturated rings. The first-order chi connectivity index (χ1) is 12.8. The maximum Gasteiger partial charge on any atom is 0.255 e. The average molecular weight is 438 g/mol. The smallest absolute Gasteiger partial charge is 0.255 e. The molecule has 0 heterocycles. The lowest BCUT2D eigenvalue weighted by atomic mass is 9.71. The van der Waals surface area contributed by atoms with E-state index in [1.165, 1.54) is 32.1 Å². The second kappa shape index (κ2) is 10.5. The topological polar surface area (TPSA) is 38.3 Å². The minimum absolute atomic E-state index is 0.0148. The Balaban J connectivity index is 1.92. The second-order valence-corrected chi connectivity index (χ2v) is 9.85. The quantitative estimate of drug-likeness (QED) is 0.456. The molecule has 0 aliphatic heterocycles. The van der Waals surface area contributed by atoms with Crippen molar-refractivity contribution in [2.45, 2.75) is 85.1 Å². The minimum Gasteiger partial charge on any atom is -0.493 e. The highest BCUT2D eigenvalue weighted by Crippen LogP contribution is 2.38. The van der Waals surface area contributed by atoms with E-state index in [1.807, 2.05) is 18.2 Å². The molecule has 3 nitrogen and oxygen atoms in total. The van der Waals surface area contributed by atoms with E-state index in [1.54, 1.807) is 0 Å². The number of benzene rings is 1. The van der Waals surface area contributed by atoms with E-state index in [0.717, 1.165) is 29.7 Å². The Hall–Kier alpha value is -1.03. The predicted octanol–water partition coefficient (Wildman–Crippen LogP) is 6.74. The molecule has 0 bridgehead atoms. The van der Waals surface area contributed by atoms with Crippen molar-refractivity contribution in [1.82, 2.24) is 5.32 Å². The summed E-state index contributed by atoms with van der Waals surface area (Å²) in [6.45, 7) is 9.83. The molecule has 1 saturated carbocycles. The van der Waals surface area contributed by atoms with Crippen molar-refractivity contribution in [3.8, 4) is 5.75 Å². The van der Waals surface area contributed by atoms with Gasteiger partial charge in [0.15, 0.2) is 0 Å². The lowest BCUT2D eigenvalue weighted by molar-refractivity contribution is 0.0900. The van der Waals surface area contributed by atoms with Crippen molar-refractivity contribution in [3.63, 3.8) is 0 Å². The molecule has 1 N–H and O–H groups in total. The summed E-state index contributed by atoms with van der Waals surface area (Å²) in [5.41, 5.74) is 0.996. The molecule has 0 unspecified atom stereocenters. The van der Waals surface area contributed by atoms with Crippen LogP contribution in [-0.4, -0.2) is 18.6 Å². The van der Waals surface area contributed by atoms with Gasteiger partial charge >= 0.3 is 0 Å². The molecule has 0 saturated heterocycles. The first kappa shape index (κ1) is 22.3. The van der Waals surface area contributed by atoms with E-state index in [-0.39, 0.29) is 11.9 Å². The van der Waals surface area contributed by atoms with Gasteiger partial charge in [0.05, 0.1) is 12.2 Å². The molecule has 1 aliphatic rings. The number of amides is 1. The number of ether oxygens (including phenoxy) is 1. The number of halogens is 1. The predicted molar refractivity (Wildman–Crippen MR) is 116 cm³/mol. The summed E-state index contributed by atoms with van der Waals surface area (Å²) in [5, 5.41) is 3.25. The Labute approximate surface area is 173 Å². The molecule has 2 rings (SSSR count). The van der Waals surface area contributed by atoms with Crippen LogP contribution in [0.2, 0.25) is 0 Å². The van der Waals surface area contributed by atoms with Gasteiger partial charge in [-0.25, -0.2) is 0 Å². The van der Waals surface area contributed by atoms with Crippen molar-refractivity contribution >= 4 is 21.8 Å². The highest BCUT2D eigenvalue weighted by atomic mass is 79.9. The van der Waals surface area contributed by atoms with Crippen molar-refractivity contribution in [2.24, 2.45) is 11.3 Å². The number of carbonyl (C=O) groups excluding carboxylic acids is 1. The van der Waals surface area contributed by atoms with Crippen molar-refractivity contribution in [2.75, 3.05) is 6.61 Å². The van der Waals surface area contributed by atoms with Gasteiger partial charge in [-0.05, 0) is 61.6 Å². The van der Waals surface area contributed by atoms with Crippen LogP contribution in [0.1, 0.15) is 89.4 Å². The van der Waals surface area contributed by atoms with Crippen molar-refractivity contribution in [3.05, 3.63) is 28.2 Å². The summed E-state index contributed by atoms with van der Waals surface area (Å²) in [7, 11) is 0. The zero-order chi connectivity index (χ0) is 19.9. The van der Waals surface area contributed by atoms with E-state index >= 15 is 0 Å². The maximum atomic E-state index is 12.9. The zero-order valence-corrected chi connectivity index (χ0v) is 19.0. The van der Waals surface area contributed by atoms with Gasteiger partial charge in [0.25, 0.3) is 5.91 Å². The van der Waals surface area contributed by atoms with Gasteiger partial charge in [0.2, 0.25) is 0 Å². The highest BCUT2D eigenvalue weighted by Gasteiger charge is 2.30. The number of nitrogens with one attached hydrogen (secondary N) is 1. The summed E-state index contributed by atoms with van der Waals surface area (Å²) < 4.78 is 6.83. The average Bonchev–Trinajstić information content (AvgIpc) is 2.62. The Kier molecular flexibility index (Phi) is 8.65. The molecule has 0 atom stereocenters. The Morgan fingerprint density at radius 2 is 1.85 bits per heavy atom. The first-order valence-electron chi connectivity index (χ1n) is 10.5. The van der Waals surface area contributed by atoms with Crippen LogP contribution >= 0.6 is 15.9 Å². The van der Waals surface area contributed by atoms with Crippen LogP contribution in [0, 0.1) is 11.3 Å². The number of unbranched alkanes of at least 4 members (excludes halogenated alkanes) is 3. The van der Waals surface area contributed by atoms with E-state index in [9.17, 15) is 4.79 Å². The Bertz CT molecular complexity index is 601. The van der Waals surface area contributed by atoms with Gasteiger partial charge in [-0.3, -0.25) is 4.79 Å². The second-order valence-electron chi connectivity index (χ2n) is 8.94. The third-order valence-electron chi connectivity index (χ3n) is 5.73. The summed E-state index contributed by atoms with van der Waals surface area (Å²) in [5.74, 6) is 1.42. The molecule has 0 aromatic heterocycles. The minimum atomic E-state index is -0.0148. The van der Waals surface area contributed by atoms with Gasteiger partial charge < -0.3 is 10.1 Å². The first-order valence-corrected chi connectivity index (χ1v) is 11.3. The standard InChI is InChI=1S/C23H36BrNO2/c1-5-6-7-8-15-27-21-14-11-18(24)16-20(21)22(26)25-19-12-9-17(10-13-19)23(2,3)4/h11,14,16-17,19H,5-10,12-13,15H2,1-4H3,(H,25,26). The number of hydrogen-bond donors (Lipinski definition) is 1. The van der Waals surface area contributed by atoms with Crippen LogP contribution < -0.4 is 10.1 Å². The highest BCUT2D eigenvalue weighted by molar-refractivity contribution is 9.10. The van der Waals surface area contributed by atoms with Gasteiger partial charge in [-0.1, -0.05) is 62.9 Å². The van der Waals surface area contributed by atoms with Crippen LogP contribution in [0.25, 0.3) is 0 Å². The molecule has 27 heavy (non-hydrogen) atoms. The van der Waals surface area contributed by atoms with Crippen LogP contribution in [0.15, 0.2) is 22.7 Å². The molecule has 4 heteroatoms. The summed E-state index contributed by atoms with van der Waals surface area (Å²) in [6.07, 6.45) is 9.15. The molecule has 1 aromatic carbocycles. The summed E-state index contributed by atoms with van der Waals surface area (Å²) in [6, 6.07) is 5.98. The van der Waals surface area contributed by atoms with E-state index in [4.69, 9.17) is 4.74 Å². The van der Waals surface area contributed by atoms with Crippen molar-refractivity contribution < 1.29 is 9.53 Å². The summed E-state index contributed by atoms with van der Waals surface area (Å²) >= 11 is 3.49. The third kappa shape index (κ3) is 7.14. The molecule has 0 spiro atoms. The van der Waals surface area contributed by atoms with Gasteiger partial charge in [-0.2, -0.15) is 0 Å². The van der Waals surface area contributed by atoms with E-state index < -0.39 is 0 Å². The molecule has 1 aliphatic carbocycles. The monoisotopic (exact) mass is 437 g/mol. The maximum absolute atomic E-state index is 12.9. The molecule has 0 radical (unpaired) electrons. The summed E-state index contributed by atoms with van der Waals surface area (Å²) in [4.78, 5) is 12.9. The Morgan fingerprint density at radius 3 is 2.48 bits per heavy atom. The molecule has 1 amide bonds. The SMILES string of the molecule is CCCCCCOc1ccc(Br)cc1C(=O)NC1CCC(C(C)(C)C)CC1. The largest absolute Gasteiger partial charge is 0.493 e. The molecular weight excluding hydrogens is 402 g/mol. The van der Waals surface area contributed by atoms with Crippen molar-refractivity contribution in [1.29, 1.82) is 0 Å². The third-order valence-corrected chi connectivity index (χ3v) is 6.22. The molecule has 152 valence electrons. The number of rotatable bonds is 8. The van der Waals surface area contributed by atoms with Gasteiger partial charge in [-0.15, -0.1) is 0 Å². The van der Waals surface area contributed by atoms with Crippen LogP contribution in [0.3, 0.4) is 0 Å². The van der Waals surface area contributed by atoms with E-state index in [2.05, 4.69) is 48.9 Å². The van der Waals surface area contributed by atoms with Crippen LogP contribution in [-0.2, 0) is 0 Å². The fraction of sp³-hybridized carbons (Fsp3) is 0.696. The fourth-order valence-corrected chi connectivity index (χ4v) is 4.24. The number of carbonyl (C=O) groups is 1. The lowest BCUT2D eigenvalue weighted by Crippen LogP contribution is -2.39. The van der Waals surface area contributed by atoms with Crippen LogP contribution in [0.5, 0.6) is 5.75 Å².